The first-order valence-corrected chi connectivity index (χ1v) is 12.7. The second-order valence-electron chi connectivity index (χ2n) is 12.3. The van der Waals surface area contributed by atoms with Gasteiger partial charge in [-0.15, -0.1) is 0 Å². The number of anilines is 1. The lowest BCUT2D eigenvalue weighted by Gasteiger charge is -2.53. The van der Waals surface area contributed by atoms with E-state index < -0.39 is 81.1 Å². The molecule has 39 heavy (non-hydrogen) atoms. The normalized spacial score (nSPS) is 30.8. The zero-order valence-corrected chi connectivity index (χ0v) is 23.4. The number of aliphatic hydroxyl groups is 4. The SMILES string of the molecule is C[C@H]1c2c(N(C)C)cc(C(C)(C)C)c(O)c2C(=O)C2=C(O)[C@]3(O)C(=O)C(C(N)=O)=C(O)[C@@H](N(C)C)[C@@H]3[C@@H](O)[C@@H]21. The standard InChI is InChI=1S/C28H37N3O8/c1-10-13-12(30(5)6)9-11(27(2,3)4)20(32)15(13)21(33)16-14(10)22(34)18-19(31(7)8)23(35)17(26(29)38)25(37)28(18,39)24(16)36/h9-10,14,18-19,22,32,34-36,39H,1-8H3,(H2,29,38)/t10-,14+,18+,19-,22-,28-/m0/s1. The number of hydrogen-bond acceptors (Lipinski definition) is 10. The molecule has 3 aliphatic rings. The Morgan fingerprint density at radius 3 is 2.10 bits per heavy atom. The average Bonchev–Trinajstić information content (AvgIpc) is 2.79. The highest BCUT2D eigenvalue weighted by atomic mass is 16.4. The van der Waals surface area contributed by atoms with E-state index in [0.29, 0.717) is 16.8 Å². The average molecular weight is 544 g/mol. The summed E-state index contributed by atoms with van der Waals surface area (Å²) < 4.78 is 0. The van der Waals surface area contributed by atoms with Crippen LogP contribution in [0.15, 0.2) is 28.7 Å². The van der Waals surface area contributed by atoms with Gasteiger partial charge in [-0.2, -0.15) is 0 Å². The minimum absolute atomic E-state index is 0.0911. The first-order chi connectivity index (χ1) is 17.8. The van der Waals surface area contributed by atoms with Crippen molar-refractivity contribution in [3.63, 3.8) is 0 Å². The molecule has 0 aliphatic heterocycles. The number of nitrogens with two attached hydrogens (primary N) is 1. The maximum absolute atomic E-state index is 14.2. The van der Waals surface area contributed by atoms with E-state index in [0.717, 1.165) is 0 Å². The van der Waals surface area contributed by atoms with E-state index in [9.17, 15) is 39.9 Å². The Morgan fingerprint density at radius 1 is 1.08 bits per heavy atom. The van der Waals surface area contributed by atoms with E-state index in [4.69, 9.17) is 5.73 Å². The van der Waals surface area contributed by atoms with E-state index in [1.165, 1.54) is 19.0 Å². The Balaban J connectivity index is 2.11. The lowest BCUT2D eigenvalue weighted by molar-refractivity contribution is -0.162. The van der Waals surface area contributed by atoms with Crippen LogP contribution in [0.4, 0.5) is 5.69 Å². The maximum Gasteiger partial charge on any atom is 0.255 e. The smallest absolute Gasteiger partial charge is 0.255 e. The molecule has 0 bridgehead atoms. The van der Waals surface area contributed by atoms with Gasteiger partial charge < -0.3 is 36.2 Å². The maximum atomic E-state index is 14.2. The van der Waals surface area contributed by atoms with Crippen molar-refractivity contribution in [1.82, 2.24) is 4.90 Å². The van der Waals surface area contributed by atoms with Crippen molar-refractivity contribution in [3.8, 4) is 5.75 Å². The summed E-state index contributed by atoms with van der Waals surface area (Å²) in [7, 11) is 6.57. The molecule has 0 unspecified atom stereocenters. The zero-order chi connectivity index (χ0) is 29.7. The number of phenols is 1. The van der Waals surface area contributed by atoms with Gasteiger partial charge in [0.05, 0.1) is 23.6 Å². The topological polar surface area (TPSA) is 185 Å². The van der Waals surface area contributed by atoms with Gasteiger partial charge in [0.15, 0.2) is 11.4 Å². The second-order valence-corrected chi connectivity index (χ2v) is 12.3. The molecule has 11 nitrogen and oxygen atoms in total. The molecule has 11 heteroatoms. The quantitative estimate of drug-likeness (QED) is 0.301. The van der Waals surface area contributed by atoms with Crippen molar-refractivity contribution in [2.45, 2.75) is 56.8 Å². The summed E-state index contributed by atoms with van der Waals surface area (Å²) in [6.45, 7) is 7.33. The molecule has 4 rings (SSSR count). The highest BCUT2D eigenvalue weighted by Gasteiger charge is 2.67. The molecule has 1 amide bonds. The number of likely N-dealkylation sites (N-methyl/N-ethyl adjacent to an activating group) is 1. The van der Waals surface area contributed by atoms with Crippen LogP contribution in [0, 0.1) is 11.8 Å². The van der Waals surface area contributed by atoms with Crippen LogP contribution >= 0.6 is 0 Å². The van der Waals surface area contributed by atoms with Crippen LogP contribution in [0.3, 0.4) is 0 Å². The summed E-state index contributed by atoms with van der Waals surface area (Å²) in [5, 5.41) is 57.5. The lowest BCUT2D eigenvalue weighted by Crippen LogP contribution is -2.68. The Kier molecular flexibility index (Phi) is 6.45. The molecule has 0 saturated carbocycles. The van der Waals surface area contributed by atoms with Crippen molar-refractivity contribution >= 4 is 23.2 Å². The van der Waals surface area contributed by atoms with E-state index in [1.54, 1.807) is 32.0 Å². The number of primary amides is 1. The fraction of sp³-hybridized carbons (Fsp3) is 0.536. The number of fused-ring (bicyclic) bond motifs is 3. The largest absolute Gasteiger partial charge is 0.510 e. The van der Waals surface area contributed by atoms with Crippen molar-refractivity contribution in [3.05, 3.63) is 45.4 Å². The van der Waals surface area contributed by atoms with Crippen molar-refractivity contribution < 1.29 is 39.9 Å². The first-order valence-electron chi connectivity index (χ1n) is 12.7. The fourth-order valence-electron chi connectivity index (χ4n) is 6.69. The van der Waals surface area contributed by atoms with E-state index in [-0.39, 0.29) is 11.3 Å². The molecule has 3 aliphatic carbocycles. The Labute approximate surface area is 226 Å². The Hall–Kier alpha value is -3.41. The number of amides is 1. The van der Waals surface area contributed by atoms with Gasteiger partial charge in [0, 0.05) is 36.8 Å². The number of rotatable bonds is 3. The molecule has 212 valence electrons. The highest BCUT2D eigenvalue weighted by molar-refractivity contribution is 6.25. The predicted octanol–water partition coefficient (Wildman–Crippen LogP) is 1.02. The summed E-state index contributed by atoms with van der Waals surface area (Å²) in [4.78, 5) is 43.0. The molecule has 0 saturated heterocycles. The minimum atomic E-state index is -2.94. The highest BCUT2D eigenvalue weighted by Crippen LogP contribution is 2.57. The zero-order valence-electron chi connectivity index (χ0n) is 23.4. The first kappa shape index (κ1) is 28.6. The molecule has 6 atom stereocenters. The molecular weight excluding hydrogens is 506 g/mol. The van der Waals surface area contributed by atoms with Gasteiger partial charge in [-0.3, -0.25) is 19.3 Å². The fourth-order valence-corrected chi connectivity index (χ4v) is 6.69. The van der Waals surface area contributed by atoms with Crippen molar-refractivity contribution in [2.24, 2.45) is 17.6 Å². The summed E-state index contributed by atoms with van der Waals surface area (Å²) >= 11 is 0. The van der Waals surface area contributed by atoms with Gasteiger partial charge in [0.2, 0.25) is 5.78 Å². The molecule has 0 spiro atoms. The third kappa shape index (κ3) is 3.63. The number of ketones is 2. The molecule has 0 heterocycles. The monoisotopic (exact) mass is 543 g/mol. The Morgan fingerprint density at radius 2 is 1.64 bits per heavy atom. The van der Waals surface area contributed by atoms with E-state index >= 15 is 0 Å². The number of nitrogens with zero attached hydrogens (tertiary/aromatic N) is 2. The summed E-state index contributed by atoms with van der Waals surface area (Å²) in [5.41, 5.74) is 1.96. The van der Waals surface area contributed by atoms with Gasteiger partial charge in [0.1, 0.15) is 22.8 Å². The molecule has 0 fully saturated rings. The summed E-state index contributed by atoms with van der Waals surface area (Å²) in [5.74, 6) is -9.01. The van der Waals surface area contributed by atoms with Crippen molar-refractivity contribution in [1.29, 1.82) is 0 Å². The number of aliphatic hydroxyl groups excluding tert-OH is 3. The third-order valence-electron chi connectivity index (χ3n) is 8.49. The molecule has 7 N–H and O–H groups in total. The lowest BCUT2D eigenvalue weighted by atomic mass is 9.55. The number of aromatic hydroxyl groups is 1. The van der Waals surface area contributed by atoms with Crippen molar-refractivity contribution in [2.75, 3.05) is 33.1 Å². The van der Waals surface area contributed by atoms with E-state index in [2.05, 4.69) is 0 Å². The molecule has 1 aromatic carbocycles. The number of carbonyl (C=O) groups is 3. The van der Waals surface area contributed by atoms with Crippen LogP contribution in [0.1, 0.15) is 55.1 Å². The third-order valence-corrected chi connectivity index (χ3v) is 8.49. The van der Waals surface area contributed by atoms with Crippen LogP contribution in [-0.4, -0.2) is 93.8 Å². The number of phenolic OH excluding ortho intramolecular Hbond substituents is 1. The number of hydrogen-bond donors (Lipinski definition) is 6. The van der Waals surface area contributed by atoms with Gasteiger partial charge >= 0.3 is 0 Å². The molecule has 0 aromatic heterocycles. The molecule has 0 radical (unpaired) electrons. The summed E-state index contributed by atoms with van der Waals surface area (Å²) in [6, 6.07) is 0.487. The minimum Gasteiger partial charge on any atom is -0.510 e. The number of benzene rings is 1. The molecular formula is C28H37N3O8. The van der Waals surface area contributed by atoms with Gasteiger partial charge in [-0.25, -0.2) is 0 Å². The Bertz CT molecular complexity index is 1370. The van der Waals surface area contributed by atoms with Gasteiger partial charge in [0.25, 0.3) is 5.91 Å². The predicted molar refractivity (Wildman–Crippen MR) is 143 cm³/mol. The number of Topliss-reactive ketones (excluding diaryl/α,β-unsaturated/α-hetero) is 2. The van der Waals surface area contributed by atoms with Crippen LogP contribution in [0.2, 0.25) is 0 Å². The van der Waals surface area contributed by atoms with Crippen LogP contribution in [0.25, 0.3) is 0 Å². The van der Waals surface area contributed by atoms with Gasteiger partial charge in [-0.1, -0.05) is 27.7 Å². The summed E-state index contributed by atoms with van der Waals surface area (Å²) in [6.07, 6.45) is -1.64. The second kappa shape index (κ2) is 8.80. The number of carbonyl (C=O) groups excluding carboxylic acids is 3. The van der Waals surface area contributed by atoms with Gasteiger partial charge in [-0.05, 0) is 37.1 Å². The molecule has 1 aromatic rings. The van der Waals surface area contributed by atoms with Crippen LogP contribution in [0.5, 0.6) is 5.75 Å². The van der Waals surface area contributed by atoms with E-state index in [1.807, 2.05) is 20.8 Å². The van der Waals surface area contributed by atoms with Crippen LogP contribution in [-0.2, 0) is 15.0 Å². The van der Waals surface area contributed by atoms with Crippen LogP contribution < -0.4 is 10.6 Å².